The fraction of sp³-hybridized carbons (Fsp3) is 0.385. The van der Waals surface area contributed by atoms with Gasteiger partial charge in [-0.05, 0) is 18.6 Å². The number of hydrogen-bond acceptors (Lipinski definition) is 3. The number of nitrogens with zero attached hydrogens (tertiary/aromatic N) is 2. The van der Waals surface area contributed by atoms with E-state index < -0.39 is 0 Å². The molecule has 1 fully saturated rings. The summed E-state index contributed by atoms with van der Waals surface area (Å²) in [5.41, 5.74) is 1.36. The molecule has 3 rings (SSSR count). The van der Waals surface area contributed by atoms with Gasteiger partial charge in [-0.3, -0.25) is 4.79 Å². The Balaban J connectivity index is 1.94. The molecule has 19 heavy (non-hydrogen) atoms. The maximum Gasteiger partial charge on any atom is 0.268 e. The molecule has 1 aliphatic rings. The van der Waals surface area contributed by atoms with E-state index in [2.05, 4.69) is 10.3 Å². The largest absolute Gasteiger partial charge is 0.379 e. The van der Waals surface area contributed by atoms with Gasteiger partial charge in [0.15, 0.2) is 5.15 Å². The second-order valence-corrected chi connectivity index (χ2v) is 5.02. The Morgan fingerprint density at radius 3 is 3.16 bits per heavy atom. The molecule has 0 saturated carbocycles. The zero-order valence-corrected chi connectivity index (χ0v) is 11.3. The van der Waals surface area contributed by atoms with Gasteiger partial charge in [0, 0.05) is 25.2 Å². The van der Waals surface area contributed by atoms with Crippen molar-refractivity contribution in [2.75, 3.05) is 13.2 Å². The van der Waals surface area contributed by atoms with E-state index in [-0.39, 0.29) is 11.9 Å². The number of aryl methyl sites for hydroxylation is 1. The van der Waals surface area contributed by atoms with Crippen molar-refractivity contribution < 1.29 is 9.53 Å². The predicted molar refractivity (Wildman–Crippen MR) is 72.4 cm³/mol. The summed E-state index contributed by atoms with van der Waals surface area (Å²) in [7, 11) is 1.82. The van der Waals surface area contributed by atoms with Crippen molar-refractivity contribution in [3.63, 3.8) is 0 Å². The predicted octanol–water partition coefficient (Wildman–Crippen LogP) is 1.75. The minimum atomic E-state index is -0.106. The fourth-order valence-electron chi connectivity index (χ4n) is 2.38. The number of hydrogen-bond donors (Lipinski definition) is 1. The van der Waals surface area contributed by atoms with E-state index in [9.17, 15) is 4.79 Å². The van der Waals surface area contributed by atoms with E-state index >= 15 is 0 Å². The van der Waals surface area contributed by atoms with Gasteiger partial charge < -0.3 is 14.6 Å². The van der Waals surface area contributed by atoms with Crippen molar-refractivity contribution in [1.82, 2.24) is 14.9 Å². The molecular formula is C13H14ClN3O2. The van der Waals surface area contributed by atoms with Gasteiger partial charge >= 0.3 is 0 Å². The lowest BCUT2D eigenvalue weighted by Crippen LogP contribution is -2.35. The first kappa shape index (κ1) is 12.4. The minimum Gasteiger partial charge on any atom is -0.379 e. The summed E-state index contributed by atoms with van der Waals surface area (Å²) in [6, 6.07) is 3.77. The van der Waals surface area contributed by atoms with Gasteiger partial charge in [0.2, 0.25) is 0 Å². The van der Waals surface area contributed by atoms with Crippen LogP contribution in [0.2, 0.25) is 5.15 Å². The highest BCUT2D eigenvalue weighted by molar-refractivity contribution is 6.34. The lowest BCUT2D eigenvalue weighted by Gasteiger charge is -2.11. The summed E-state index contributed by atoms with van der Waals surface area (Å²) >= 11 is 6.07. The second-order valence-electron chi connectivity index (χ2n) is 4.66. The molecule has 1 amide bonds. The van der Waals surface area contributed by atoms with Crippen molar-refractivity contribution >= 4 is 28.4 Å². The van der Waals surface area contributed by atoms with Crippen LogP contribution < -0.4 is 5.32 Å². The van der Waals surface area contributed by atoms with Gasteiger partial charge in [-0.2, -0.15) is 0 Å². The third-order valence-electron chi connectivity index (χ3n) is 3.40. The molecule has 1 unspecified atom stereocenters. The van der Waals surface area contributed by atoms with Gasteiger partial charge in [-0.15, -0.1) is 0 Å². The highest BCUT2D eigenvalue weighted by Crippen LogP contribution is 2.24. The highest BCUT2D eigenvalue weighted by atomic mass is 35.5. The van der Waals surface area contributed by atoms with Crippen molar-refractivity contribution in [3.05, 3.63) is 29.2 Å². The molecule has 0 bridgehead atoms. The number of carbonyl (C=O) groups is 1. The third kappa shape index (κ3) is 2.19. The smallest absolute Gasteiger partial charge is 0.268 e. The van der Waals surface area contributed by atoms with Crippen LogP contribution in [-0.2, 0) is 11.8 Å². The maximum atomic E-state index is 12.3. The topological polar surface area (TPSA) is 56.2 Å². The van der Waals surface area contributed by atoms with Crippen molar-refractivity contribution in [2.45, 2.75) is 12.5 Å². The number of halogens is 1. The lowest BCUT2D eigenvalue weighted by atomic mass is 10.2. The van der Waals surface area contributed by atoms with Crippen LogP contribution in [0.25, 0.3) is 10.9 Å². The van der Waals surface area contributed by atoms with E-state index in [0.29, 0.717) is 24.1 Å². The number of aromatic nitrogens is 2. The van der Waals surface area contributed by atoms with Crippen molar-refractivity contribution in [1.29, 1.82) is 0 Å². The molecule has 0 aliphatic carbocycles. The lowest BCUT2D eigenvalue weighted by molar-refractivity contribution is 0.0922. The number of pyridine rings is 1. The molecule has 2 aromatic rings. The van der Waals surface area contributed by atoms with Crippen LogP contribution in [0, 0.1) is 0 Å². The summed E-state index contributed by atoms with van der Waals surface area (Å²) in [4.78, 5) is 16.3. The molecule has 1 atom stereocenters. The first-order chi connectivity index (χ1) is 9.16. The van der Waals surface area contributed by atoms with Gasteiger partial charge in [-0.1, -0.05) is 11.6 Å². The van der Waals surface area contributed by atoms with E-state index in [1.165, 1.54) is 0 Å². The number of rotatable bonds is 2. The molecule has 0 spiro atoms. The second kappa shape index (κ2) is 4.83. The first-order valence-corrected chi connectivity index (χ1v) is 6.53. The Morgan fingerprint density at radius 2 is 2.47 bits per heavy atom. The Labute approximate surface area is 115 Å². The molecule has 100 valence electrons. The van der Waals surface area contributed by atoms with Crippen LogP contribution in [0.3, 0.4) is 0 Å². The van der Waals surface area contributed by atoms with E-state index in [1.54, 1.807) is 10.8 Å². The van der Waals surface area contributed by atoms with Crippen LogP contribution in [0.5, 0.6) is 0 Å². The summed E-state index contributed by atoms with van der Waals surface area (Å²) in [6.07, 6.45) is 2.50. The number of nitrogens with one attached hydrogen (secondary N) is 1. The third-order valence-corrected chi connectivity index (χ3v) is 3.67. The highest BCUT2D eigenvalue weighted by Gasteiger charge is 2.21. The SMILES string of the molecule is Cn1c(C(=O)NC2CCOC2)cc2ccnc(Cl)c21. The van der Waals surface area contributed by atoms with Crippen LogP contribution >= 0.6 is 11.6 Å². The molecule has 6 heteroatoms. The zero-order valence-electron chi connectivity index (χ0n) is 10.5. The molecule has 2 aromatic heterocycles. The van der Waals surface area contributed by atoms with Crippen LogP contribution in [0.4, 0.5) is 0 Å². The average Bonchev–Trinajstić information content (AvgIpc) is 2.98. The Hall–Kier alpha value is -1.59. The fourth-order valence-corrected chi connectivity index (χ4v) is 2.67. The molecule has 1 aliphatic heterocycles. The van der Waals surface area contributed by atoms with E-state index in [4.69, 9.17) is 16.3 Å². The Kier molecular flexibility index (Phi) is 3.16. The molecule has 0 radical (unpaired) electrons. The van der Waals surface area contributed by atoms with Crippen molar-refractivity contribution in [2.24, 2.45) is 7.05 Å². The molecule has 1 saturated heterocycles. The quantitative estimate of drug-likeness (QED) is 0.852. The zero-order chi connectivity index (χ0) is 13.4. The van der Waals surface area contributed by atoms with Gasteiger partial charge in [-0.25, -0.2) is 4.98 Å². The number of ether oxygens (including phenoxy) is 1. The molecular weight excluding hydrogens is 266 g/mol. The number of fused-ring (bicyclic) bond motifs is 1. The summed E-state index contributed by atoms with van der Waals surface area (Å²) in [5, 5.41) is 4.29. The number of amides is 1. The van der Waals surface area contributed by atoms with Crippen LogP contribution in [0.15, 0.2) is 18.3 Å². The van der Waals surface area contributed by atoms with Crippen molar-refractivity contribution in [3.8, 4) is 0 Å². The van der Waals surface area contributed by atoms with Crippen LogP contribution in [0.1, 0.15) is 16.9 Å². The Bertz CT molecular complexity index is 632. The summed E-state index contributed by atoms with van der Waals surface area (Å²) < 4.78 is 7.02. The first-order valence-electron chi connectivity index (χ1n) is 6.15. The molecule has 1 N–H and O–H groups in total. The molecule has 3 heterocycles. The summed E-state index contributed by atoms with van der Waals surface area (Å²) in [6.45, 7) is 1.29. The Morgan fingerprint density at radius 1 is 1.63 bits per heavy atom. The van der Waals surface area contributed by atoms with Crippen LogP contribution in [-0.4, -0.2) is 34.7 Å². The average molecular weight is 280 g/mol. The maximum absolute atomic E-state index is 12.3. The normalized spacial score (nSPS) is 18.9. The van der Waals surface area contributed by atoms with Gasteiger partial charge in [0.25, 0.3) is 5.91 Å². The van der Waals surface area contributed by atoms with Gasteiger partial charge in [0.1, 0.15) is 5.69 Å². The molecule has 0 aromatic carbocycles. The van der Waals surface area contributed by atoms with E-state index in [0.717, 1.165) is 17.3 Å². The number of carbonyl (C=O) groups excluding carboxylic acids is 1. The molecule has 5 nitrogen and oxygen atoms in total. The monoisotopic (exact) mass is 279 g/mol. The van der Waals surface area contributed by atoms with Gasteiger partial charge in [0.05, 0.1) is 18.2 Å². The summed E-state index contributed by atoms with van der Waals surface area (Å²) in [5.74, 6) is -0.106. The standard InChI is InChI=1S/C13H14ClN3O2/c1-17-10(13(18)16-9-3-5-19-7-9)6-8-2-4-15-12(14)11(8)17/h2,4,6,9H,3,5,7H2,1H3,(H,16,18). The van der Waals surface area contributed by atoms with E-state index in [1.807, 2.05) is 19.2 Å². The minimum absolute atomic E-state index is 0.0964.